The van der Waals surface area contributed by atoms with Gasteiger partial charge in [-0.25, -0.2) is 4.98 Å². The number of hydrogen-bond acceptors (Lipinski definition) is 5. The van der Waals surface area contributed by atoms with Gasteiger partial charge in [0, 0.05) is 19.7 Å². The third-order valence-corrected chi connectivity index (χ3v) is 3.55. The van der Waals surface area contributed by atoms with Crippen LogP contribution in [0.25, 0.3) is 0 Å². The zero-order valence-electron chi connectivity index (χ0n) is 10.7. The highest BCUT2D eigenvalue weighted by atomic mass is 35.5. The molecule has 0 saturated carbocycles. The van der Waals surface area contributed by atoms with Gasteiger partial charge in [-0.15, -0.1) is 0 Å². The summed E-state index contributed by atoms with van der Waals surface area (Å²) in [5, 5.41) is 20.2. The fourth-order valence-electron chi connectivity index (χ4n) is 2.31. The van der Waals surface area contributed by atoms with Crippen molar-refractivity contribution in [2.45, 2.75) is 12.8 Å². The number of rotatable bonds is 3. The van der Waals surface area contributed by atoms with Crippen molar-refractivity contribution >= 4 is 23.2 Å². The van der Waals surface area contributed by atoms with E-state index >= 15 is 0 Å². The van der Waals surface area contributed by atoms with E-state index in [1.54, 1.807) is 0 Å². The molecule has 0 bridgehead atoms. The van der Waals surface area contributed by atoms with E-state index in [-0.39, 0.29) is 28.9 Å². The van der Waals surface area contributed by atoms with Crippen molar-refractivity contribution in [1.29, 1.82) is 0 Å². The maximum atomic E-state index is 12.4. The molecule has 0 radical (unpaired) electrons. The van der Waals surface area contributed by atoms with Gasteiger partial charge in [0.05, 0.1) is 4.92 Å². The van der Waals surface area contributed by atoms with Crippen molar-refractivity contribution in [2.75, 3.05) is 19.7 Å². The number of aliphatic hydroxyl groups is 1. The molecule has 7 nitrogen and oxygen atoms in total. The summed E-state index contributed by atoms with van der Waals surface area (Å²) in [6.45, 7) is 0.918. The number of amides is 1. The number of likely N-dealkylation sites (tertiary alicyclic amines) is 1. The number of aliphatic hydroxyl groups excluding tert-OH is 1. The normalized spacial score (nSPS) is 18.9. The molecule has 1 aliphatic rings. The Morgan fingerprint density at radius 1 is 1.65 bits per heavy atom. The van der Waals surface area contributed by atoms with Crippen LogP contribution in [-0.4, -0.2) is 45.5 Å². The van der Waals surface area contributed by atoms with Crippen LogP contribution in [0, 0.1) is 16.0 Å². The molecule has 1 atom stereocenters. The Bertz CT molecular complexity index is 537. The molecule has 20 heavy (non-hydrogen) atoms. The molecule has 1 aromatic heterocycles. The van der Waals surface area contributed by atoms with Crippen LogP contribution < -0.4 is 0 Å². The first-order valence-corrected chi connectivity index (χ1v) is 6.60. The van der Waals surface area contributed by atoms with E-state index in [1.807, 2.05) is 0 Å². The Balaban J connectivity index is 2.28. The van der Waals surface area contributed by atoms with Crippen molar-refractivity contribution in [3.63, 3.8) is 0 Å². The standard InChI is InChI=1S/C12H14ClN3O4/c13-11-4-9(10(5-14-11)16(19)20)12(18)15-3-1-2-8(6-15)7-17/h4-5,8,17H,1-3,6-7H2. The zero-order chi connectivity index (χ0) is 14.7. The van der Waals surface area contributed by atoms with Gasteiger partial charge >= 0.3 is 0 Å². The summed E-state index contributed by atoms with van der Waals surface area (Å²) in [5.41, 5.74) is -0.417. The summed E-state index contributed by atoms with van der Waals surface area (Å²) >= 11 is 5.72. The second-order valence-electron chi connectivity index (χ2n) is 4.72. The minimum atomic E-state index is -0.649. The molecular formula is C12H14ClN3O4. The van der Waals surface area contributed by atoms with E-state index in [2.05, 4.69) is 4.98 Å². The second kappa shape index (κ2) is 6.15. The molecule has 0 aliphatic carbocycles. The highest BCUT2D eigenvalue weighted by molar-refractivity contribution is 6.29. The number of pyridine rings is 1. The van der Waals surface area contributed by atoms with E-state index in [0.29, 0.717) is 13.1 Å². The molecule has 1 N–H and O–H groups in total. The second-order valence-corrected chi connectivity index (χ2v) is 5.11. The summed E-state index contributed by atoms with van der Waals surface area (Å²) in [7, 11) is 0. The minimum Gasteiger partial charge on any atom is -0.396 e. The van der Waals surface area contributed by atoms with Gasteiger partial charge in [0.1, 0.15) is 16.9 Å². The van der Waals surface area contributed by atoms with Gasteiger partial charge in [-0.2, -0.15) is 0 Å². The Labute approximate surface area is 120 Å². The van der Waals surface area contributed by atoms with Crippen molar-refractivity contribution < 1.29 is 14.8 Å². The first-order chi connectivity index (χ1) is 9.52. The summed E-state index contributed by atoms with van der Waals surface area (Å²) in [4.78, 5) is 27.8. The van der Waals surface area contributed by atoms with Crippen LogP contribution in [-0.2, 0) is 0 Å². The van der Waals surface area contributed by atoms with Crippen LogP contribution in [0.5, 0.6) is 0 Å². The Hall–Kier alpha value is -1.73. The molecule has 1 saturated heterocycles. The average molecular weight is 300 g/mol. The lowest BCUT2D eigenvalue weighted by molar-refractivity contribution is -0.385. The fraction of sp³-hybridized carbons (Fsp3) is 0.500. The van der Waals surface area contributed by atoms with Crippen LogP contribution >= 0.6 is 11.6 Å². The van der Waals surface area contributed by atoms with Crippen LogP contribution in [0.1, 0.15) is 23.2 Å². The van der Waals surface area contributed by atoms with Crippen LogP contribution in [0.3, 0.4) is 0 Å². The Morgan fingerprint density at radius 3 is 3.05 bits per heavy atom. The third-order valence-electron chi connectivity index (χ3n) is 3.34. The highest BCUT2D eigenvalue weighted by Crippen LogP contribution is 2.24. The van der Waals surface area contributed by atoms with Crippen molar-refractivity contribution in [2.24, 2.45) is 5.92 Å². The predicted molar refractivity (Wildman–Crippen MR) is 71.6 cm³/mol. The lowest BCUT2D eigenvalue weighted by Gasteiger charge is -2.31. The van der Waals surface area contributed by atoms with Crippen LogP contribution in [0.2, 0.25) is 5.15 Å². The number of halogens is 1. The fourth-order valence-corrected chi connectivity index (χ4v) is 2.47. The van der Waals surface area contributed by atoms with Gasteiger partial charge in [-0.3, -0.25) is 14.9 Å². The number of nitrogens with zero attached hydrogens (tertiary/aromatic N) is 3. The van der Waals surface area contributed by atoms with Gasteiger partial charge < -0.3 is 10.0 Å². The van der Waals surface area contributed by atoms with Gasteiger partial charge in [0.25, 0.3) is 11.6 Å². The number of carbonyl (C=O) groups is 1. The van der Waals surface area contributed by atoms with Crippen LogP contribution in [0.15, 0.2) is 12.3 Å². The molecule has 2 rings (SSSR count). The van der Waals surface area contributed by atoms with Crippen LogP contribution in [0.4, 0.5) is 5.69 Å². The van der Waals surface area contributed by atoms with E-state index < -0.39 is 10.8 Å². The van der Waals surface area contributed by atoms with E-state index in [9.17, 15) is 20.0 Å². The van der Waals surface area contributed by atoms with Crippen molar-refractivity contribution in [1.82, 2.24) is 9.88 Å². The van der Waals surface area contributed by atoms with E-state index in [1.165, 1.54) is 11.0 Å². The summed E-state index contributed by atoms with van der Waals surface area (Å²) in [5.74, 6) is -0.428. The lowest BCUT2D eigenvalue weighted by Crippen LogP contribution is -2.41. The maximum absolute atomic E-state index is 12.4. The van der Waals surface area contributed by atoms with Gasteiger partial charge in [0.2, 0.25) is 0 Å². The largest absolute Gasteiger partial charge is 0.396 e. The Kier molecular flexibility index (Phi) is 4.51. The molecule has 1 unspecified atom stereocenters. The van der Waals surface area contributed by atoms with Crippen molar-refractivity contribution in [3.8, 4) is 0 Å². The van der Waals surface area contributed by atoms with Gasteiger partial charge in [0.15, 0.2) is 0 Å². The quantitative estimate of drug-likeness (QED) is 0.518. The van der Waals surface area contributed by atoms with E-state index in [4.69, 9.17) is 11.6 Å². The smallest absolute Gasteiger partial charge is 0.300 e. The molecule has 2 heterocycles. The number of carbonyl (C=O) groups excluding carboxylic acids is 1. The number of aromatic nitrogens is 1. The lowest BCUT2D eigenvalue weighted by atomic mass is 9.98. The SMILES string of the molecule is O=C(c1cc(Cl)ncc1[N+](=O)[O-])N1CCCC(CO)C1. The van der Waals surface area contributed by atoms with Gasteiger partial charge in [-0.05, 0) is 24.8 Å². The molecule has 8 heteroatoms. The first kappa shape index (κ1) is 14.7. The van der Waals surface area contributed by atoms with E-state index in [0.717, 1.165) is 19.0 Å². The molecule has 1 aromatic rings. The molecule has 1 amide bonds. The Morgan fingerprint density at radius 2 is 2.40 bits per heavy atom. The molecule has 0 spiro atoms. The maximum Gasteiger partial charge on any atom is 0.300 e. The predicted octanol–water partition coefficient (Wildman–Crippen LogP) is 1.49. The minimum absolute atomic E-state index is 0.00295. The zero-order valence-corrected chi connectivity index (χ0v) is 11.4. The van der Waals surface area contributed by atoms with Crippen molar-refractivity contribution in [3.05, 3.63) is 33.1 Å². The molecular weight excluding hydrogens is 286 g/mol. The summed E-state index contributed by atoms with van der Waals surface area (Å²) in [6.07, 6.45) is 2.60. The molecule has 0 aromatic carbocycles. The summed E-state index contributed by atoms with van der Waals surface area (Å²) < 4.78 is 0. The highest BCUT2D eigenvalue weighted by Gasteiger charge is 2.29. The summed E-state index contributed by atoms with van der Waals surface area (Å²) in [6, 6.07) is 1.21. The first-order valence-electron chi connectivity index (χ1n) is 6.23. The third kappa shape index (κ3) is 3.05. The molecule has 108 valence electrons. The molecule has 1 aliphatic heterocycles. The number of hydrogen-bond donors (Lipinski definition) is 1. The van der Waals surface area contributed by atoms with Gasteiger partial charge in [-0.1, -0.05) is 11.6 Å². The molecule has 1 fully saturated rings. The topological polar surface area (TPSA) is 96.6 Å². The number of piperidine rings is 1. The monoisotopic (exact) mass is 299 g/mol. The number of nitro groups is 1. The average Bonchev–Trinajstić information content (AvgIpc) is 2.46.